The van der Waals surface area contributed by atoms with Crippen LogP contribution in [0.25, 0.3) is 11.0 Å². The molecular weight excluding hydrogens is 1100 g/mol. The zero-order chi connectivity index (χ0) is 60.9. The Bertz CT molecular complexity index is 2920. The van der Waals surface area contributed by atoms with E-state index < -0.39 is 51.6 Å². The van der Waals surface area contributed by atoms with Gasteiger partial charge in [-0.3, -0.25) is 29.8 Å². The van der Waals surface area contributed by atoms with Crippen LogP contribution in [-0.4, -0.2) is 112 Å². The fraction of sp³-hybridized carbons (Fsp3) is 0.397. The number of nitro benzene ring substituents is 2. The molecule has 0 radical (unpaired) electrons. The molecular formula is C58H74N4O22. The topological polar surface area (TPSA) is 335 Å². The summed E-state index contributed by atoms with van der Waals surface area (Å²) in [6.45, 7) is 20.7. The number of rotatable bonds is 34. The van der Waals surface area contributed by atoms with E-state index in [1.165, 1.54) is 65.3 Å². The molecule has 0 saturated carbocycles. The summed E-state index contributed by atoms with van der Waals surface area (Å²) >= 11 is 0. The van der Waals surface area contributed by atoms with Crippen molar-refractivity contribution in [2.75, 3.05) is 67.0 Å². The van der Waals surface area contributed by atoms with E-state index in [4.69, 9.17) is 51.8 Å². The van der Waals surface area contributed by atoms with Crippen LogP contribution in [0, 0.1) is 20.2 Å². The fourth-order valence-corrected chi connectivity index (χ4v) is 6.95. The molecule has 0 aliphatic heterocycles. The summed E-state index contributed by atoms with van der Waals surface area (Å²) in [6, 6.07) is 11.2. The molecule has 4 rings (SSSR count). The van der Waals surface area contributed by atoms with Crippen LogP contribution in [0.4, 0.5) is 11.4 Å². The van der Waals surface area contributed by atoms with Gasteiger partial charge >= 0.3 is 29.5 Å². The van der Waals surface area contributed by atoms with Crippen LogP contribution in [0.3, 0.4) is 0 Å². The number of benzene rings is 3. The molecule has 1 aromatic heterocycles. The summed E-state index contributed by atoms with van der Waals surface area (Å²) < 4.78 is 58.2. The highest BCUT2D eigenvalue weighted by molar-refractivity contribution is 5.88. The van der Waals surface area contributed by atoms with Crippen LogP contribution in [0.15, 0.2) is 107 Å². The third-order valence-electron chi connectivity index (χ3n) is 11.0. The van der Waals surface area contributed by atoms with Crippen molar-refractivity contribution < 1.29 is 90.4 Å². The van der Waals surface area contributed by atoms with Crippen molar-refractivity contribution in [3.05, 3.63) is 145 Å². The summed E-state index contributed by atoms with van der Waals surface area (Å²) in [4.78, 5) is 104. The van der Waals surface area contributed by atoms with E-state index in [0.29, 0.717) is 40.7 Å². The average molecular weight is 1180 g/mol. The van der Waals surface area contributed by atoms with Gasteiger partial charge in [-0.1, -0.05) is 41.2 Å². The number of amides is 2. The Kier molecular flexibility index (Phi) is 32.3. The molecule has 0 aliphatic carbocycles. The lowest BCUT2D eigenvalue weighted by molar-refractivity contribution is -0.386. The van der Waals surface area contributed by atoms with Gasteiger partial charge in [-0.2, -0.15) is 0 Å². The van der Waals surface area contributed by atoms with Gasteiger partial charge < -0.3 is 62.4 Å². The van der Waals surface area contributed by atoms with E-state index >= 15 is 0 Å². The van der Waals surface area contributed by atoms with Gasteiger partial charge in [-0.15, -0.1) is 0 Å². The van der Waals surface area contributed by atoms with Crippen molar-refractivity contribution in [2.45, 2.75) is 87.0 Å². The van der Waals surface area contributed by atoms with Crippen LogP contribution < -0.4 is 39.9 Å². The number of methoxy groups -OCH3 is 2. The van der Waals surface area contributed by atoms with Crippen molar-refractivity contribution in [3.8, 4) is 28.7 Å². The number of nitro groups is 2. The van der Waals surface area contributed by atoms with Crippen molar-refractivity contribution in [2.24, 2.45) is 0 Å². The minimum absolute atomic E-state index is 0. The molecule has 458 valence electrons. The zero-order valence-corrected chi connectivity index (χ0v) is 46.3. The summed E-state index contributed by atoms with van der Waals surface area (Å²) in [6.07, 6.45) is 0.805. The molecule has 1 heterocycles. The minimum Gasteiger partial charge on any atom is -0.493 e. The van der Waals surface area contributed by atoms with Gasteiger partial charge in [0.2, 0.25) is 11.8 Å². The van der Waals surface area contributed by atoms with Crippen molar-refractivity contribution in [1.29, 1.82) is 0 Å². The molecule has 0 saturated heterocycles. The summed E-state index contributed by atoms with van der Waals surface area (Å²) in [7, 11) is 2.71. The largest absolute Gasteiger partial charge is 0.493 e. The molecule has 26 nitrogen and oxygen atoms in total. The van der Waals surface area contributed by atoms with Crippen molar-refractivity contribution in [1.82, 2.24) is 10.6 Å². The number of hydrogen-bond donors (Lipinski definition) is 2. The van der Waals surface area contributed by atoms with Gasteiger partial charge in [0.15, 0.2) is 23.0 Å². The standard InChI is InChI=1S/C36H46N4O15.C20H20O7.2CH4/c1-7-35(43)54-23(3)25-19-29(49-5)31(21-27(25)39(45)46)52-15-9-11-33(41)37-13-17-51-18-14-38-34(42)12-10-16-53-32-22-28(40(47)48)26(20-30(32)50-6)24(4)55-36(44)8-2;1-12(2)19(22)25-8-7-24-15-5-6-16-14(11-26-20(23)13(3)4)9-18(21)27-17(16)10-15;;/h7-8,19-24H,1-2,9-18H2,3-6H3,(H,37,41)(H,38,42);5-6,9-10H,1,3,7-8,11H2,2,4H3;2*1H4. The maximum Gasteiger partial charge on any atom is 0.336 e. The maximum absolute atomic E-state index is 12.2. The van der Waals surface area contributed by atoms with Crippen LogP contribution in [0.2, 0.25) is 0 Å². The highest BCUT2D eigenvalue weighted by Crippen LogP contribution is 2.40. The van der Waals surface area contributed by atoms with Crippen molar-refractivity contribution in [3.63, 3.8) is 0 Å². The second kappa shape index (κ2) is 37.4. The highest BCUT2D eigenvalue weighted by Gasteiger charge is 2.27. The number of nitrogens with zero attached hydrogens (tertiary/aromatic N) is 2. The molecule has 0 bridgehead atoms. The third-order valence-corrected chi connectivity index (χ3v) is 11.0. The molecule has 4 aromatic rings. The predicted molar refractivity (Wildman–Crippen MR) is 307 cm³/mol. The Labute approximate surface area is 485 Å². The summed E-state index contributed by atoms with van der Waals surface area (Å²) in [5.74, 6) is -2.05. The van der Waals surface area contributed by atoms with E-state index in [1.807, 2.05) is 0 Å². The van der Waals surface area contributed by atoms with Gasteiger partial charge in [0.1, 0.15) is 43.4 Å². The molecule has 0 aliphatic rings. The summed E-state index contributed by atoms with van der Waals surface area (Å²) in [5, 5.41) is 29.4. The average Bonchev–Trinajstić information content (AvgIpc) is 2.39. The monoisotopic (exact) mass is 1180 g/mol. The van der Waals surface area contributed by atoms with Crippen LogP contribution in [0.1, 0.15) is 97.1 Å². The van der Waals surface area contributed by atoms with Crippen LogP contribution >= 0.6 is 0 Å². The molecule has 84 heavy (non-hydrogen) atoms. The van der Waals surface area contributed by atoms with Crippen LogP contribution in [0.5, 0.6) is 28.7 Å². The van der Waals surface area contributed by atoms with E-state index in [2.05, 4.69) is 36.9 Å². The van der Waals surface area contributed by atoms with E-state index in [0.717, 1.165) is 12.2 Å². The predicted octanol–water partition coefficient (Wildman–Crippen LogP) is 8.55. The third kappa shape index (κ3) is 24.2. The first-order chi connectivity index (χ1) is 39.0. The van der Waals surface area contributed by atoms with E-state index in [1.54, 1.807) is 25.1 Å². The molecule has 2 amide bonds. The Morgan fingerprint density at radius 2 is 1.10 bits per heavy atom. The highest BCUT2D eigenvalue weighted by atomic mass is 16.6. The number of fused-ring (bicyclic) bond motifs is 1. The smallest absolute Gasteiger partial charge is 0.336 e. The first-order valence-electron chi connectivity index (χ1n) is 25.1. The normalized spacial score (nSPS) is 10.9. The zero-order valence-electron chi connectivity index (χ0n) is 46.3. The second-order valence-corrected chi connectivity index (χ2v) is 17.3. The summed E-state index contributed by atoms with van der Waals surface area (Å²) in [5.41, 5.74) is 0.361. The molecule has 2 atom stereocenters. The SMILES string of the molecule is C.C.C=C(C)C(=O)OCCOc1ccc2c(COC(=O)C(=C)C)cc(=O)oc2c1.C=CC(=O)OC(C)c1cc(OC)c(OCCCC(=O)NCCOCCNC(=O)CCCOc2cc([N+](=O)[O-])c(C(C)OC(=O)C=C)cc2OC)cc1[N+](=O)[O-]. The number of hydrogen-bond acceptors (Lipinski definition) is 22. The van der Waals surface area contributed by atoms with E-state index in [-0.39, 0.29) is 150 Å². The van der Waals surface area contributed by atoms with Gasteiger partial charge in [0, 0.05) is 72.3 Å². The van der Waals surface area contributed by atoms with Crippen LogP contribution in [-0.2, 0) is 59.1 Å². The number of carbonyl (C=O) groups is 6. The quantitative estimate of drug-likeness (QED) is 0.00841. The molecule has 0 spiro atoms. The Balaban J connectivity index is 0.00000102. The molecule has 2 unspecified atom stereocenters. The number of esters is 4. The van der Waals surface area contributed by atoms with Gasteiger partial charge in [0.05, 0.1) is 73.8 Å². The first kappa shape index (κ1) is 72.4. The lowest BCUT2D eigenvalue weighted by Gasteiger charge is -2.16. The van der Waals surface area contributed by atoms with E-state index in [9.17, 15) is 53.8 Å². The number of carbonyl (C=O) groups excluding carboxylic acids is 6. The van der Waals surface area contributed by atoms with Crippen molar-refractivity contribution >= 4 is 58.0 Å². The van der Waals surface area contributed by atoms with Gasteiger partial charge in [0.25, 0.3) is 11.4 Å². The second-order valence-electron chi connectivity index (χ2n) is 17.3. The lowest BCUT2D eigenvalue weighted by Crippen LogP contribution is -2.30. The van der Waals surface area contributed by atoms with Gasteiger partial charge in [-0.25, -0.2) is 24.0 Å². The maximum atomic E-state index is 12.2. The Morgan fingerprint density at radius 1 is 0.631 bits per heavy atom. The Morgan fingerprint density at radius 3 is 1.52 bits per heavy atom. The first-order valence-corrected chi connectivity index (χ1v) is 25.1. The molecule has 0 fully saturated rings. The Hall–Kier alpha value is -9.59. The molecule has 26 heteroatoms. The minimum atomic E-state index is -0.952. The number of ether oxygens (including phenoxy) is 10. The number of nitrogens with one attached hydrogen (secondary N) is 2. The fourth-order valence-electron chi connectivity index (χ4n) is 6.95. The lowest BCUT2D eigenvalue weighted by atomic mass is 10.1. The molecule has 2 N–H and O–H groups in total. The van der Waals surface area contributed by atoms with Gasteiger partial charge in [-0.05, 0) is 64.8 Å². The molecule has 3 aromatic carbocycles.